The SMILES string of the molecule is CC(OC=Cc1ccccc1)OCCC1CCCCC1. The summed E-state index contributed by atoms with van der Waals surface area (Å²) in [4.78, 5) is 0. The van der Waals surface area contributed by atoms with Crippen molar-refractivity contribution in [1.29, 1.82) is 0 Å². The molecule has 2 rings (SSSR count). The highest BCUT2D eigenvalue weighted by atomic mass is 16.7. The van der Waals surface area contributed by atoms with Crippen LogP contribution in [0.2, 0.25) is 0 Å². The van der Waals surface area contributed by atoms with E-state index in [0.29, 0.717) is 0 Å². The minimum Gasteiger partial charge on any atom is -0.473 e. The summed E-state index contributed by atoms with van der Waals surface area (Å²) in [6, 6.07) is 10.1. The molecule has 1 aromatic rings. The summed E-state index contributed by atoms with van der Waals surface area (Å²) < 4.78 is 11.2. The van der Waals surface area contributed by atoms with Crippen molar-refractivity contribution in [3.8, 4) is 0 Å². The monoisotopic (exact) mass is 274 g/mol. The van der Waals surface area contributed by atoms with E-state index >= 15 is 0 Å². The van der Waals surface area contributed by atoms with Crippen molar-refractivity contribution in [1.82, 2.24) is 0 Å². The van der Waals surface area contributed by atoms with Gasteiger partial charge in [-0.25, -0.2) is 0 Å². The molecule has 0 N–H and O–H groups in total. The van der Waals surface area contributed by atoms with Crippen molar-refractivity contribution in [3.63, 3.8) is 0 Å². The van der Waals surface area contributed by atoms with Crippen LogP contribution in [0.5, 0.6) is 0 Å². The molecule has 0 heterocycles. The van der Waals surface area contributed by atoms with E-state index < -0.39 is 0 Å². The quantitative estimate of drug-likeness (QED) is 0.514. The molecule has 0 saturated heterocycles. The van der Waals surface area contributed by atoms with E-state index in [1.807, 2.05) is 31.2 Å². The van der Waals surface area contributed by atoms with Gasteiger partial charge in [-0.3, -0.25) is 0 Å². The highest BCUT2D eigenvalue weighted by Gasteiger charge is 2.13. The first-order valence-electron chi connectivity index (χ1n) is 7.83. The average molecular weight is 274 g/mol. The van der Waals surface area contributed by atoms with Crippen LogP contribution in [0, 0.1) is 5.92 Å². The summed E-state index contributed by atoms with van der Waals surface area (Å²) in [5.74, 6) is 0.871. The first-order valence-corrected chi connectivity index (χ1v) is 7.83. The second-order valence-electron chi connectivity index (χ2n) is 5.58. The Balaban J connectivity index is 1.58. The van der Waals surface area contributed by atoms with Gasteiger partial charge < -0.3 is 9.47 Å². The zero-order chi connectivity index (χ0) is 14.0. The summed E-state index contributed by atoms with van der Waals surface area (Å²) in [5, 5.41) is 0. The van der Waals surface area contributed by atoms with Gasteiger partial charge in [-0.1, -0.05) is 62.4 Å². The van der Waals surface area contributed by atoms with Crippen molar-refractivity contribution in [3.05, 3.63) is 42.2 Å². The molecule has 1 aliphatic carbocycles. The summed E-state index contributed by atoms with van der Waals surface area (Å²) >= 11 is 0. The molecule has 1 fully saturated rings. The second kappa shape index (κ2) is 8.80. The lowest BCUT2D eigenvalue weighted by atomic mass is 9.87. The predicted octanol–water partition coefficient (Wildman–Crippen LogP) is 5.01. The molecule has 0 aromatic heterocycles. The summed E-state index contributed by atoms with van der Waals surface area (Å²) in [5.41, 5.74) is 1.14. The number of ether oxygens (including phenoxy) is 2. The lowest BCUT2D eigenvalue weighted by molar-refractivity contribution is -0.0957. The zero-order valence-electron chi connectivity index (χ0n) is 12.5. The highest BCUT2D eigenvalue weighted by molar-refractivity contribution is 5.47. The molecule has 1 saturated carbocycles. The van der Waals surface area contributed by atoms with Crippen LogP contribution in [0.25, 0.3) is 6.08 Å². The minimum absolute atomic E-state index is 0.168. The maximum Gasteiger partial charge on any atom is 0.196 e. The Hall–Kier alpha value is -1.28. The molecule has 0 bridgehead atoms. The number of hydrogen-bond donors (Lipinski definition) is 0. The van der Waals surface area contributed by atoms with Gasteiger partial charge in [-0.2, -0.15) is 0 Å². The normalized spacial score (nSPS) is 18.2. The van der Waals surface area contributed by atoms with E-state index in [1.165, 1.54) is 38.5 Å². The third-order valence-electron chi connectivity index (χ3n) is 3.93. The van der Waals surface area contributed by atoms with E-state index in [0.717, 1.165) is 18.1 Å². The predicted molar refractivity (Wildman–Crippen MR) is 83.2 cm³/mol. The van der Waals surface area contributed by atoms with Crippen LogP contribution in [0.4, 0.5) is 0 Å². The topological polar surface area (TPSA) is 18.5 Å². The van der Waals surface area contributed by atoms with Crippen molar-refractivity contribution in [2.24, 2.45) is 5.92 Å². The fourth-order valence-corrected chi connectivity index (χ4v) is 2.71. The van der Waals surface area contributed by atoms with Gasteiger partial charge in [0.1, 0.15) is 0 Å². The van der Waals surface area contributed by atoms with E-state index in [2.05, 4.69) is 12.1 Å². The Labute approximate surface area is 122 Å². The Morgan fingerprint density at radius 1 is 1.15 bits per heavy atom. The van der Waals surface area contributed by atoms with Gasteiger partial charge in [0.25, 0.3) is 0 Å². The molecule has 0 aliphatic heterocycles. The molecule has 0 amide bonds. The number of rotatable bonds is 7. The van der Waals surface area contributed by atoms with Crippen LogP contribution in [0.3, 0.4) is 0 Å². The van der Waals surface area contributed by atoms with Crippen molar-refractivity contribution >= 4 is 6.08 Å². The number of benzene rings is 1. The molecule has 1 atom stereocenters. The first kappa shape index (κ1) is 15.1. The third kappa shape index (κ3) is 5.79. The lowest BCUT2D eigenvalue weighted by Gasteiger charge is -2.22. The fraction of sp³-hybridized carbons (Fsp3) is 0.556. The second-order valence-corrected chi connectivity index (χ2v) is 5.58. The molecule has 2 nitrogen and oxygen atoms in total. The van der Waals surface area contributed by atoms with Crippen molar-refractivity contribution in [2.75, 3.05) is 6.61 Å². The third-order valence-corrected chi connectivity index (χ3v) is 3.93. The molecule has 0 radical (unpaired) electrons. The van der Waals surface area contributed by atoms with E-state index in [4.69, 9.17) is 9.47 Å². The Kier molecular flexibility index (Phi) is 6.65. The fourth-order valence-electron chi connectivity index (χ4n) is 2.71. The van der Waals surface area contributed by atoms with Gasteiger partial charge in [0.2, 0.25) is 0 Å². The van der Waals surface area contributed by atoms with Crippen LogP contribution in [0.1, 0.15) is 51.0 Å². The Morgan fingerprint density at radius 3 is 2.65 bits per heavy atom. The van der Waals surface area contributed by atoms with Crippen molar-refractivity contribution < 1.29 is 9.47 Å². The summed E-state index contributed by atoms with van der Waals surface area (Å²) in [6.45, 7) is 2.77. The van der Waals surface area contributed by atoms with Gasteiger partial charge in [0.05, 0.1) is 12.9 Å². The van der Waals surface area contributed by atoms with Crippen LogP contribution < -0.4 is 0 Å². The van der Waals surface area contributed by atoms with Gasteiger partial charge in [-0.15, -0.1) is 0 Å². The first-order chi connectivity index (χ1) is 9.84. The summed E-state index contributed by atoms with van der Waals surface area (Å²) in [7, 11) is 0. The molecule has 1 aromatic carbocycles. The zero-order valence-corrected chi connectivity index (χ0v) is 12.5. The molecule has 2 heteroatoms. The van der Waals surface area contributed by atoms with Gasteiger partial charge in [0.15, 0.2) is 6.29 Å². The number of hydrogen-bond acceptors (Lipinski definition) is 2. The highest BCUT2D eigenvalue weighted by Crippen LogP contribution is 2.26. The molecular weight excluding hydrogens is 248 g/mol. The molecule has 110 valence electrons. The Bertz CT molecular complexity index is 380. The van der Waals surface area contributed by atoms with Crippen molar-refractivity contribution in [2.45, 2.75) is 51.7 Å². The molecule has 1 aliphatic rings. The largest absolute Gasteiger partial charge is 0.473 e. The minimum atomic E-state index is -0.168. The van der Waals surface area contributed by atoms with Crippen LogP contribution in [-0.4, -0.2) is 12.9 Å². The molecule has 1 unspecified atom stereocenters. The van der Waals surface area contributed by atoms with E-state index in [9.17, 15) is 0 Å². The molecular formula is C18H26O2. The van der Waals surface area contributed by atoms with E-state index in [1.54, 1.807) is 6.26 Å². The van der Waals surface area contributed by atoms with Crippen LogP contribution in [-0.2, 0) is 9.47 Å². The molecule has 20 heavy (non-hydrogen) atoms. The lowest BCUT2D eigenvalue weighted by Crippen LogP contribution is -2.14. The van der Waals surface area contributed by atoms with Gasteiger partial charge in [0, 0.05) is 0 Å². The van der Waals surface area contributed by atoms with Crippen LogP contribution in [0.15, 0.2) is 36.6 Å². The maximum absolute atomic E-state index is 5.71. The average Bonchev–Trinajstić information content (AvgIpc) is 2.49. The maximum atomic E-state index is 5.71. The van der Waals surface area contributed by atoms with Crippen LogP contribution >= 0.6 is 0 Å². The standard InChI is InChI=1S/C18H26O2/c1-16(19-14-12-17-8-4-2-5-9-17)20-15-13-18-10-6-3-7-11-18/h2,4-5,8-9,12,14,16,18H,3,6-7,10-11,13,15H2,1H3. The molecule has 0 spiro atoms. The summed E-state index contributed by atoms with van der Waals surface area (Å²) in [6.07, 6.45) is 11.7. The van der Waals surface area contributed by atoms with Gasteiger partial charge in [-0.05, 0) is 30.9 Å². The van der Waals surface area contributed by atoms with Gasteiger partial charge >= 0.3 is 0 Å². The van der Waals surface area contributed by atoms with E-state index in [-0.39, 0.29) is 6.29 Å². The Morgan fingerprint density at radius 2 is 1.90 bits per heavy atom. The smallest absolute Gasteiger partial charge is 0.196 e.